The molecule has 3 unspecified atom stereocenters. The van der Waals surface area contributed by atoms with Crippen LogP contribution in [0.1, 0.15) is 44.2 Å². The topological polar surface area (TPSA) is 93.4 Å². The summed E-state index contributed by atoms with van der Waals surface area (Å²) < 4.78 is 0. The number of benzene rings is 1. The zero-order valence-electron chi connectivity index (χ0n) is 14.5. The number of carbonyl (C=O) groups excluding carboxylic acids is 1. The Morgan fingerprint density at radius 2 is 2.08 bits per heavy atom. The van der Waals surface area contributed by atoms with Crippen molar-refractivity contribution in [3.05, 3.63) is 35.9 Å². The highest BCUT2D eigenvalue weighted by molar-refractivity contribution is 5.77. The summed E-state index contributed by atoms with van der Waals surface area (Å²) in [6, 6.07) is 11.4. The number of hydrogen-bond donors (Lipinski definition) is 2. The summed E-state index contributed by atoms with van der Waals surface area (Å²) in [6.07, 6.45) is 2.42. The summed E-state index contributed by atoms with van der Waals surface area (Å²) in [6.45, 7) is 2.78. The Bertz CT molecular complexity index is 627. The lowest BCUT2D eigenvalue weighted by Crippen LogP contribution is -2.50. The second kappa shape index (κ2) is 9.07. The molecule has 0 bridgehead atoms. The molecule has 1 saturated heterocycles. The first kappa shape index (κ1) is 18.8. The van der Waals surface area contributed by atoms with Crippen molar-refractivity contribution in [2.75, 3.05) is 13.1 Å². The predicted molar refractivity (Wildman–Crippen MR) is 93.7 cm³/mol. The number of urea groups is 1. The number of nitrogens with zero attached hydrogens (tertiary/aromatic N) is 2. The van der Waals surface area contributed by atoms with Crippen LogP contribution >= 0.6 is 0 Å². The zero-order chi connectivity index (χ0) is 18.2. The van der Waals surface area contributed by atoms with Crippen molar-refractivity contribution in [1.29, 1.82) is 5.26 Å². The second-order valence-corrected chi connectivity index (χ2v) is 6.74. The minimum absolute atomic E-state index is 0.161. The Labute approximate surface area is 148 Å². The molecule has 0 aromatic heterocycles. The smallest absolute Gasteiger partial charge is 0.317 e. The molecule has 3 atom stereocenters. The fourth-order valence-corrected chi connectivity index (χ4v) is 3.33. The van der Waals surface area contributed by atoms with Gasteiger partial charge in [0.05, 0.1) is 18.0 Å². The van der Waals surface area contributed by atoms with Gasteiger partial charge in [-0.3, -0.25) is 4.79 Å². The second-order valence-electron chi connectivity index (χ2n) is 6.74. The lowest BCUT2D eigenvalue weighted by molar-refractivity contribution is -0.143. The lowest BCUT2D eigenvalue weighted by atomic mass is 9.90. The number of carboxylic acids is 1. The van der Waals surface area contributed by atoms with Crippen molar-refractivity contribution in [1.82, 2.24) is 10.2 Å². The Morgan fingerprint density at radius 1 is 1.36 bits per heavy atom. The molecule has 134 valence electrons. The summed E-state index contributed by atoms with van der Waals surface area (Å²) in [5, 5.41) is 21.0. The van der Waals surface area contributed by atoms with Crippen LogP contribution in [0.5, 0.6) is 0 Å². The Hall–Kier alpha value is -2.55. The number of carbonyl (C=O) groups is 2. The minimum Gasteiger partial charge on any atom is -0.481 e. The molecule has 1 aliphatic heterocycles. The van der Waals surface area contributed by atoms with Crippen LogP contribution < -0.4 is 5.32 Å². The maximum Gasteiger partial charge on any atom is 0.317 e. The number of unbranched alkanes of at least 4 members (excludes halogenated alkanes) is 1. The van der Waals surface area contributed by atoms with E-state index in [1.54, 1.807) is 4.90 Å². The molecule has 0 saturated carbocycles. The quantitative estimate of drug-likeness (QED) is 0.776. The summed E-state index contributed by atoms with van der Waals surface area (Å²) >= 11 is 0. The number of hydrogen-bond acceptors (Lipinski definition) is 3. The van der Waals surface area contributed by atoms with Gasteiger partial charge in [0, 0.05) is 19.5 Å². The number of likely N-dealkylation sites (tertiary alicyclic amines) is 1. The summed E-state index contributed by atoms with van der Waals surface area (Å²) in [5.41, 5.74) is 0.994. The molecule has 2 rings (SSSR count). The highest BCUT2D eigenvalue weighted by Gasteiger charge is 2.32. The molecule has 6 heteroatoms. The van der Waals surface area contributed by atoms with Crippen molar-refractivity contribution in [3.63, 3.8) is 0 Å². The standard InChI is InChI=1S/C19H25N3O3/c1-14-11-16(18(23)24)13-22(12-14)19(25)21-17(9-5-6-10-20)15-7-3-2-4-8-15/h2-4,7-8,14,16-17H,5-6,9,11-13H2,1H3,(H,21,25)(H,23,24). The molecule has 1 aromatic carbocycles. The first-order valence-corrected chi connectivity index (χ1v) is 8.71. The number of rotatable bonds is 6. The van der Waals surface area contributed by atoms with Gasteiger partial charge in [0.25, 0.3) is 0 Å². The molecular weight excluding hydrogens is 318 g/mol. The fraction of sp³-hybridized carbons (Fsp3) is 0.526. The Kier molecular flexibility index (Phi) is 6.81. The van der Waals surface area contributed by atoms with E-state index in [-0.39, 0.29) is 24.5 Å². The average molecular weight is 343 g/mol. The van der Waals surface area contributed by atoms with Crippen LogP contribution in [-0.4, -0.2) is 35.1 Å². The molecule has 1 aromatic rings. The number of carboxylic acid groups (broad SMARTS) is 1. The van der Waals surface area contributed by atoms with Gasteiger partial charge in [-0.15, -0.1) is 0 Å². The van der Waals surface area contributed by atoms with E-state index in [2.05, 4.69) is 11.4 Å². The fourth-order valence-electron chi connectivity index (χ4n) is 3.33. The monoisotopic (exact) mass is 343 g/mol. The third-order valence-electron chi connectivity index (χ3n) is 4.58. The molecular formula is C19H25N3O3. The molecule has 0 spiro atoms. The summed E-state index contributed by atoms with van der Waals surface area (Å²) in [7, 11) is 0. The first-order chi connectivity index (χ1) is 12.0. The van der Waals surface area contributed by atoms with Gasteiger partial charge in [0.15, 0.2) is 0 Å². The van der Waals surface area contributed by atoms with Crippen LogP contribution in [0, 0.1) is 23.2 Å². The molecule has 1 heterocycles. The number of nitriles is 1. The normalized spacial score (nSPS) is 21.2. The molecule has 0 radical (unpaired) electrons. The highest BCUT2D eigenvalue weighted by Crippen LogP contribution is 2.24. The molecule has 6 nitrogen and oxygen atoms in total. The van der Waals surface area contributed by atoms with E-state index in [0.29, 0.717) is 32.2 Å². The van der Waals surface area contributed by atoms with E-state index in [0.717, 1.165) is 5.56 Å². The van der Waals surface area contributed by atoms with Gasteiger partial charge in [-0.25, -0.2) is 4.79 Å². The van der Waals surface area contributed by atoms with Gasteiger partial charge in [-0.05, 0) is 30.7 Å². The van der Waals surface area contributed by atoms with E-state index in [1.165, 1.54) is 0 Å². The van der Waals surface area contributed by atoms with Crippen LogP contribution in [0.3, 0.4) is 0 Å². The third-order valence-corrected chi connectivity index (χ3v) is 4.58. The summed E-state index contributed by atoms with van der Waals surface area (Å²) in [5.74, 6) is -1.20. The van der Waals surface area contributed by atoms with Gasteiger partial charge >= 0.3 is 12.0 Å². The van der Waals surface area contributed by atoms with Crippen molar-refractivity contribution in [2.24, 2.45) is 11.8 Å². The summed E-state index contributed by atoms with van der Waals surface area (Å²) in [4.78, 5) is 25.6. The maximum absolute atomic E-state index is 12.7. The SMILES string of the molecule is CC1CC(C(=O)O)CN(C(=O)NC(CCCC#N)c2ccccc2)C1. The number of aliphatic carboxylic acids is 1. The number of amides is 2. The largest absolute Gasteiger partial charge is 0.481 e. The molecule has 0 aliphatic carbocycles. The number of piperidine rings is 1. The number of nitrogens with one attached hydrogen (secondary N) is 1. The van der Waals surface area contributed by atoms with Crippen LogP contribution in [-0.2, 0) is 4.79 Å². The van der Waals surface area contributed by atoms with E-state index in [9.17, 15) is 14.7 Å². The molecule has 1 aliphatic rings. The van der Waals surface area contributed by atoms with Crippen LogP contribution in [0.2, 0.25) is 0 Å². The molecule has 2 N–H and O–H groups in total. The van der Waals surface area contributed by atoms with E-state index in [1.807, 2.05) is 37.3 Å². The average Bonchev–Trinajstić information content (AvgIpc) is 2.61. The van der Waals surface area contributed by atoms with E-state index < -0.39 is 11.9 Å². The predicted octanol–water partition coefficient (Wildman–Crippen LogP) is 3.17. The molecule has 1 fully saturated rings. The van der Waals surface area contributed by atoms with Crippen LogP contribution in [0.25, 0.3) is 0 Å². The maximum atomic E-state index is 12.7. The van der Waals surface area contributed by atoms with Gasteiger partial charge < -0.3 is 15.3 Å². The van der Waals surface area contributed by atoms with Gasteiger partial charge in [-0.2, -0.15) is 5.26 Å². The van der Waals surface area contributed by atoms with Crippen LogP contribution in [0.4, 0.5) is 4.79 Å². The molecule has 25 heavy (non-hydrogen) atoms. The van der Waals surface area contributed by atoms with Crippen molar-refractivity contribution in [2.45, 2.75) is 38.6 Å². The van der Waals surface area contributed by atoms with Crippen molar-refractivity contribution < 1.29 is 14.7 Å². The molecule has 2 amide bonds. The Morgan fingerprint density at radius 3 is 2.72 bits per heavy atom. The first-order valence-electron chi connectivity index (χ1n) is 8.71. The van der Waals surface area contributed by atoms with Gasteiger partial charge in [0.2, 0.25) is 0 Å². The van der Waals surface area contributed by atoms with E-state index >= 15 is 0 Å². The minimum atomic E-state index is -0.849. The van der Waals surface area contributed by atoms with Crippen LogP contribution in [0.15, 0.2) is 30.3 Å². The lowest BCUT2D eigenvalue weighted by Gasteiger charge is -2.35. The van der Waals surface area contributed by atoms with Gasteiger partial charge in [-0.1, -0.05) is 37.3 Å². The highest BCUT2D eigenvalue weighted by atomic mass is 16.4. The van der Waals surface area contributed by atoms with Crippen molar-refractivity contribution >= 4 is 12.0 Å². The van der Waals surface area contributed by atoms with Gasteiger partial charge in [0.1, 0.15) is 0 Å². The van der Waals surface area contributed by atoms with E-state index in [4.69, 9.17) is 5.26 Å². The zero-order valence-corrected chi connectivity index (χ0v) is 14.5. The third kappa shape index (κ3) is 5.49. The van der Waals surface area contributed by atoms with Crippen molar-refractivity contribution in [3.8, 4) is 6.07 Å². The Balaban J connectivity index is 2.05.